The molecule has 172 valence electrons. The Morgan fingerprint density at radius 2 is 1.37 bits per heavy atom. The van der Waals surface area contributed by atoms with Crippen LogP contribution in [-0.2, 0) is 4.79 Å². The fourth-order valence-corrected chi connectivity index (χ4v) is 4.48. The third-order valence-electron chi connectivity index (χ3n) is 5.64. The molecule has 0 aliphatic heterocycles. The molecule has 0 saturated carbocycles. The number of hydrogen-bond acceptors (Lipinski definition) is 4. The fraction of sp³-hybridized carbons (Fsp3) is 0.0345. The SMILES string of the molecule is O=C(Oc1c(-c2ccc(Cl)cc2Cl)oc2ccccc2c1=O)C(c1ccccc1)c1ccccc1. The Morgan fingerprint density at radius 1 is 0.771 bits per heavy atom. The first-order chi connectivity index (χ1) is 17.0. The molecule has 0 aliphatic rings. The summed E-state index contributed by atoms with van der Waals surface area (Å²) in [5.74, 6) is -1.54. The maximum atomic E-state index is 13.7. The van der Waals surface area contributed by atoms with Crippen LogP contribution < -0.4 is 10.2 Å². The van der Waals surface area contributed by atoms with E-state index >= 15 is 0 Å². The van der Waals surface area contributed by atoms with E-state index in [0.717, 1.165) is 11.1 Å². The molecule has 0 unspecified atom stereocenters. The molecule has 4 nitrogen and oxygen atoms in total. The lowest BCUT2D eigenvalue weighted by molar-refractivity contribution is -0.135. The lowest BCUT2D eigenvalue weighted by Gasteiger charge is -2.18. The molecule has 35 heavy (non-hydrogen) atoms. The smallest absolute Gasteiger partial charge is 0.323 e. The third kappa shape index (κ3) is 4.59. The number of rotatable bonds is 5. The summed E-state index contributed by atoms with van der Waals surface area (Å²) in [4.78, 5) is 27.2. The second-order valence-electron chi connectivity index (χ2n) is 7.89. The second kappa shape index (κ2) is 9.79. The van der Waals surface area contributed by atoms with Crippen molar-refractivity contribution in [2.45, 2.75) is 5.92 Å². The molecule has 0 bridgehead atoms. The lowest BCUT2D eigenvalue weighted by Crippen LogP contribution is -2.23. The van der Waals surface area contributed by atoms with Gasteiger partial charge in [-0.05, 0) is 41.5 Å². The van der Waals surface area contributed by atoms with Gasteiger partial charge in [0, 0.05) is 10.6 Å². The molecule has 6 heteroatoms. The van der Waals surface area contributed by atoms with E-state index < -0.39 is 17.3 Å². The van der Waals surface area contributed by atoms with Crippen LogP contribution in [0.4, 0.5) is 0 Å². The molecule has 1 heterocycles. The summed E-state index contributed by atoms with van der Waals surface area (Å²) in [6.45, 7) is 0. The van der Waals surface area contributed by atoms with Crippen molar-refractivity contribution in [2.24, 2.45) is 0 Å². The average molecular weight is 501 g/mol. The zero-order valence-corrected chi connectivity index (χ0v) is 19.8. The molecule has 0 spiro atoms. The molecule has 4 aromatic carbocycles. The van der Waals surface area contributed by atoms with Crippen molar-refractivity contribution in [1.29, 1.82) is 0 Å². The van der Waals surface area contributed by atoms with Gasteiger partial charge in [0.2, 0.25) is 11.2 Å². The topological polar surface area (TPSA) is 56.5 Å². The van der Waals surface area contributed by atoms with E-state index in [2.05, 4.69) is 0 Å². The average Bonchev–Trinajstić information content (AvgIpc) is 2.87. The van der Waals surface area contributed by atoms with E-state index in [-0.39, 0.29) is 16.5 Å². The van der Waals surface area contributed by atoms with Gasteiger partial charge in [-0.1, -0.05) is 96.0 Å². The standard InChI is InChI=1S/C29H18Cl2O4/c30-20-15-16-21(23(31)17-20)27-28(26(32)22-13-7-8-14-24(22)34-27)35-29(33)25(18-9-3-1-4-10-18)19-11-5-2-6-12-19/h1-17,25H. The highest BCUT2D eigenvalue weighted by Gasteiger charge is 2.29. The van der Waals surface area contributed by atoms with E-state index in [0.29, 0.717) is 21.6 Å². The molecule has 5 aromatic rings. The molecule has 5 rings (SSSR count). The van der Waals surface area contributed by atoms with Crippen LogP contribution in [0, 0.1) is 0 Å². The number of esters is 1. The summed E-state index contributed by atoms with van der Waals surface area (Å²) in [6.07, 6.45) is 0. The van der Waals surface area contributed by atoms with Crippen LogP contribution in [0.5, 0.6) is 5.75 Å². The van der Waals surface area contributed by atoms with E-state index in [1.807, 2.05) is 60.7 Å². The van der Waals surface area contributed by atoms with Crippen molar-refractivity contribution < 1.29 is 13.9 Å². The quantitative estimate of drug-likeness (QED) is 0.234. The number of carbonyl (C=O) groups excluding carboxylic acids is 1. The molecule has 0 aliphatic carbocycles. The van der Waals surface area contributed by atoms with Crippen molar-refractivity contribution in [2.75, 3.05) is 0 Å². The van der Waals surface area contributed by atoms with Gasteiger partial charge in [-0.2, -0.15) is 0 Å². The van der Waals surface area contributed by atoms with Crippen molar-refractivity contribution in [3.05, 3.63) is 135 Å². The Hall–Kier alpha value is -3.86. The second-order valence-corrected chi connectivity index (χ2v) is 8.73. The minimum absolute atomic E-state index is 0.0589. The Balaban J connectivity index is 1.68. The number of ether oxygens (including phenoxy) is 1. The first-order valence-electron chi connectivity index (χ1n) is 10.9. The highest BCUT2D eigenvalue weighted by Crippen LogP contribution is 2.37. The first-order valence-corrected chi connectivity index (χ1v) is 11.6. The van der Waals surface area contributed by atoms with Gasteiger partial charge in [-0.3, -0.25) is 9.59 Å². The number of fused-ring (bicyclic) bond motifs is 1. The number of halogens is 2. The normalized spacial score (nSPS) is 11.1. The Kier molecular flexibility index (Phi) is 6.41. The van der Waals surface area contributed by atoms with Crippen LogP contribution in [0.1, 0.15) is 17.0 Å². The molecule has 1 aromatic heterocycles. The van der Waals surface area contributed by atoms with Crippen LogP contribution >= 0.6 is 23.2 Å². The van der Waals surface area contributed by atoms with Gasteiger partial charge in [0.1, 0.15) is 11.5 Å². The Labute approximate surface area is 211 Å². The van der Waals surface area contributed by atoms with Crippen molar-refractivity contribution >= 4 is 40.1 Å². The molecule has 0 saturated heterocycles. The summed E-state index contributed by atoms with van der Waals surface area (Å²) in [5, 5.41) is 0.977. The van der Waals surface area contributed by atoms with Crippen molar-refractivity contribution in [1.82, 2.24) is 0 Å². The fourth-order valence-electron chi connectivity index (χ4n) is 3.98. The maximum Gasteiger partial charge on any atom is 0.323 e. The number of hydrogen-bond donors (Lipinski definition) is 0. The predicted molar refractivity (Wildman–Crippen MR) is 138 cm³/mol. The van der Waals surface area contributed by atoms with Crippen molar-refractivity contribution in [3.8, 4) is 17.1 Å². The Bertz CT molecular complexity index is 1540. The molecule has 0 amide bonds. The number of carbonyl (C=O) groups is 1. The van der Waals surface area contributed by atoms with E-state index in [4.69, 9.17) is 32.4 Å². The van der Waals surface area contributed by atoms with Crippen LogP contribution in [0.3, 0.4) is 0 Å². The predicted octanol–water partition coefficient (Wildman–Crippen LogP) is 7.50. The first kappa shape index (κ1) is 22.9. The van der Waals surface area contributed by atoms with Crippen molar-refractivity contribution in [3.63, 3.8) is 0 Å². The minimum Gasteiger partial charge on any atom is -0.452 e. The van der Waals surface area contributed by atoms with Gasteiger partial charge in [-0.15, -0.1) is 0 Å². The van der Waals surface area contributed by atoms with Gasteiger partial charge in [0.05, 0.1) is 10.4 Å². The van der Waals surface area contributed by atoms with Gasteiger partial charge < -0.3 is 9.15 Å². The minimum atomic E-state index is -0.753. The number of benzene rings is 4. The van der Waals surface area contributed by atoms with Gasteiger partial charge >= 0.3 is 5.97 Å². The highest BCUT2D eigenvalue weighted by atomic mass is 35.5. The molecule has 0 radical (unpaired) electrons. The summed E-state index contributed by atoms with van der Waals surface area (Å²) >= 11 is 12.5. The van der Waals surface area contributed by atoms with Crippen LogP contribution in [0.25, 0.3) is 22.3 Å². The molecular weight excluding hydrogens is 483 g/mol. The van der Waals surface area contributed by atoms with E-state index in [1.165, 1.54) is 6.07 Å². The molecule has 0 atom stereocenters. The molecule has 0 N–H and O–H groups in total. The summed E-state index contributed by atoms with van der Waals surface area (Å²) < 4.78 is 11.9. The summed E-state index contributed by atoms with van der Waals surface area (Å²) in [5.41, 5.74) is 1.74. The zero-order valence-electron chi connectivity index (χ0n) is 18.3. The largest absolute Gasteiger partial charge is 0.452 e. The zero-order chi connectivity index (χ0) is 24.4. The monoisotopic (exact) mass is 500 g/mol. The summed E-state index contributed by atoms with van der Waals surface area (Å²) in [6, 6.07) is 30.1. The lowest BCUT2D eigenvalue weighted by atomic mass is 9.91. The molecular formula is C29H18Cl2O4. The van der Waals surface area contributed by atoms with Crippen LogP contribution in [-0.4, -0.2) is 5.97 Å². The van der Waals surface area contributed by atoms with E-state index in [1.54, 1.807) is 36.4 Å². The van der Waals surface area contributed by atoms with Gasteiger partial charge in [0.15, 0.2) is 5.76 Å². The highest BCUT2D eigenvalue weighted by molar-refractivity contribution is 6.36. The molecule has 0 fully saturated rings. The van der Waals surface area contributed by atoms with E-state index in [9.17, 15) is 9.59 Å². The van der Waals surface area contributed by atoms with Crippen LogP contribution in [0.2, 0.25) is 10.0 Å². The maximum absolute atomic E-state index is 13.7. The van der Waals surface area contributed by atoms with Crippen LogP contribution in [0.15, 0.2) is 112 Å². The number of para-hydroxylation sites is 1. The Morgan fingerprint density at radius 3 is 2.00 bits per heavy atom. The third-order valence-corrected chi connectivity index (χ3v) is 6.18. The van der Waals surface area contributed by atoms with Gasteiger partial charge in [0.25, 0.3) is 0 Å². The van der Waals surface area contributed by atoms with Gasteiger partial charge in [-0.25, -0.2) is 0 Å². The summed E-state index contributed by atoms with van der Waals surface area (Å²) in [7, 11) is 0.